The Balaban J connectivity index is 1.75. The van der Waals surface area contributed by atoms with Crippen molar-refractivity contribution in [2.75, 3.05) is 18.0 Å². The van der Waals surface area contributed by atoms with Gasteiger partial charge in [0.25, 0.3) is 0 Å². The Hall–Kier alpha value is -3.43. The maximum absolute atomic E-state index is 14.6. The summed E-state index contributed by atoms with van der Waals surface area (Å²) < 4.78 is 16.8. The molecule has 7 nitrogen and oxygen atoms in total. The Kier molecular flexibility index (Phi) is 5.51. The van der Waals surface area contributed by atoms with E-state index in [2.05, 4.69) is 15.1 Å². The van der Waals surface area contributed by atoms with E-state index in [1.165, 1.54) is 12.1 Å². The summed E-state index contributed by atoms with van der Waals surface area (Å²) in [5, 5.41) is 17.1. The van der Waals surface area contributed by atoms with Crippen molar-refractivity contribution >= 4 is 33.7 Å². The number of halogens is 1. The molecule has 9 heteroatoms. The topological polar surface area (TPSA) is 90.6 Å². The van der Waals surface area contributed by atoms with Gasteiger partial charge in [0, 0.05) is 0 Å². The summed E-state index contributed by atoms with van der Waals surface area (Å²) in [7, 11) is 1.73. The first-order valence-corrected chi connectivity index (χ1v) is 12.1. The van der Waals surface area contributed by atoms with Crippen molar-refractivity contribution in [3.05, 3.63) is 64.3 Å². The molecule has 1 atom stereocenters. The molecule has 1 N–H and O–H groups in total. The van der Waals surface area contributed by atoms with Crippen molar-refractivity contribution in [1.82, 2.24) is 19.7 Å². The monoisotopic (exact) mass is 504 g/mol. The first-order chi connectivity index (χ1) is 16.0. The van der Waals surface area contributed by atoms with Crippen LogP contribution in [0.4, 0.5) is 10.3 Å². The Morgan fingerprint density at radius 2 is 1.94 bits per heavy atom. The van der Waals surface area contributed by atoms with Gasteiger partial charge in [-0.1, -0.05) is 0 Å². The van der Waals surface area contributed by atoms with Crippen LogP contribution < -0.4 is 10.5 Å². The number of hydrogen-bond acceptors (Lipinski definition) is 5. The van der Waals surface area contributed by atoms with Crippen molar-refractivity contribution in [2.45, 2.75) is 17.5 Å². The summed E-state index contributed by atoms with van der Waals surface area (Å²) in [5.41, 5.74) is 2.45. The third kappa shape index (κ3) is 3.83. The predicted molar refractivity (Wildman–Crippen MR) is 128 cm³/mol. The van der Waals surface area contributed by atoms with Crippen molar-refractivity contribution in [3.63, 3.8) is 0 Å². The van der Waals surface area contributed by atoms with Crippen LogP contribution in [0, 0.1) is 17.1 Å². The molecule has 0 radical (unpaired) electrons. The van der Waals surface area contributed by atoms with Gasteiger partial charge in [0.2, 0.25) is 0 Å². The van der Waals surface area contributed by atoms with Gasteiger partial charge in [0.15, 0.2) is 0 Å². The number of aromatic nitrogens is 4. The summed E-state index contributed by atoms with van der Waals surface area (Å²) in [6.07, 6.45) is 3.82. The van der Waals surface area contributed by atoms with Crippen LogP contribution in [-0.2, 0) is 7.05 Å². The van der Waals surface area contributed by atoms with E-state index in [1.54, 1.807) is 40.7 Å². The second-order valence-corrected chi connectivity index (χ2v) is 10.3. The molecule has 2 aromatic carbocycles. The molecule has 0 amide bonds. The molecule has 3 heterocycles. The van der Waals surface area contributed by atoms with Gasteiger partial charge in [-0.3, -0.25) is 0 Å². The first-order valence-electron chi connectivity index (χ1n) is 10.7. The molecule has 0 saturated carbocycles. The fourth-order valence-corrected chi connectivity index (χ4v) is 4.91. The standard InChI is InChI=1S/C24H22AsFN6O/c1-31-23(33)21(14-2-5-17-13-28-30-20(17)11-14)22(15-3-4-16(12-27)19(26)10-15)29-24(31)32-8-6-18(25)7-9-32/h2-5,10-11,13,18H,6-9,25H2,1H3,(H,28,30). The molecule has 1 saturated heterocycles. The molecular formula is C24H22AsFN6O. The summed E-state index contributed by atoms with van der Waals surface area (Å²) in [6, 6.07) is 11.8. The Morgan fingerprint density at radius 3 is 2.67 bits per heavy atom. The van der Waals surface area contributed by atoms with Crippen LogP contribution in [0.15, 0.2) is 47.4 Å². The van der Waals surface area contributed by atoms with Crippen LogP contribution in [0.3, 0.4) is 0 Å². The van der Waals surface area contributed by atoms with Crippen molar-refractivity contribution < 1.29 is 4.39 Å². The number of nitriles is 1. The van der Waals surface area contributed by atoms with Gasteiger partial charge in [0.05, 0.1) is 6.20 Å². The summed E-state index contributed by atoms with van der Waals surface area (Å²) in [5.74, 6) is -0.0615. The first kappa shape index (κ1) is 21.4. The zero-order valence-electron chi connectivity index (χ0n) is 18.0. The molecular weight excluding hydrogens is 482 g/mol. The molecule has 1 aliphatic rings. The van der Waals surface area contributed by atoms with Crippen LogP contribution in [0.1, 0.15) is 18.4 Å². The molecule has 0 spiro atoms. The number of aromatic amines is 1. The van der Waals surface area contributed by atoms with Gasteiger partial charge >= 0.3 is 182 Å². The number of nitrogens with one attached hydrogen (secondary N) is 1. The zero-order valence-corrected chi connectivity index (χ0v) is 20.5. The molecule has 1 fully saturated rings. The van der Waals surface area contributed by atoms with Crippen LogP contribution in [0.2, 0.25) is 4.71 Å². The van der Waals surface area contributed by atoms with Gasteiger partial charge < -0.3 is 0 Å². The summed E-state index contributed by atoms with van der Waals surface area (Å²) in [6.45, 7) is 1.65. The number of nitrogens with zero attached hydrogens (tertiary/aromatic N) is 5. The van der Waals surface area contributed by atoms with E-state index in [1.807, 2.05) is 24.3 Å². The van der Waals surface area contributed by atoms with E-state index in [0.717, 1.165) is 36.8 Å². The van der Waals surface area contributed by atoms with E-state index in [-0.39, 0.29) is 11.1 Å². The van der Waals surface area contributed by atoms with Gasteiger partial charge in [-0.25, -0.2) is 0 Å². The Morgan fingerprint density at radius 1 is 1.18 bits per heavy atom. The molecule has 166 valence electrons. The fraction of sp³-hybridized carbons (Fsp3) is 0.250. The van der Waals surface area contributed by atoms with Crippen LogP contribution >= 0.6 is 0 Å². The quantitative estimate of drug-likeness (QED) is 0.434. The van der Waals surface area contributed by atoms with Gasteiger partial charge in [0.1, 0.15) is 0 Å². The molecule has 1 unspecified atom stereocenters. The van der Waals surface area contributed by atoms with Crippen molar-refractivity contribution in [3.8, 4) is 28.5 Å². The van der Waals surface area contributed by atoms with Crippen molar-refractivity contribution in [1.29, 1.82) is 5.26 Å². The third-order valence-electron chi connectivity index (χ3n) is 6.18. The number of rotatable bonds is 3. The minimum atomic E-state index is -0.636. The fourth-order valence-electron chi connectivity index (χ4n) is 4.29. The number of fused-ring (bicyclic) bond motifs is 1. The van der Waals surface area contributed by atoms with Crippen LogP contribution in [0.5, 0.6) is 0 Å². The SMILES string of the molecule is Cn1c(N2CCC([AsH2])CC2)nc(-c2ccc(C#N)c(F)c2)c(-c2ccc3cn[nH]c3c2)c1=O. The molecule has 0 aliphatic carbocycles. The molecule has 1 aliphatic heterocycles. The van der Waals surface area contributed by atoms with Gasteiger partial charge in [-0.2, -0.15) is 10.4 Å². The number of benzene rings is 2. The van der Waals surface area contributed by atoms with E-state index in [0.29, 0.717) is 33.0 Å². The number of piperidine rings is 1. The second-order valence-electron chi connectivity index (χ2n) is 8.30. The molecule has 2 aromatic heterocycles. The van der Waals surface area contributed by atoms with E-state index >= 15 is 0 Å². The molecule has 4 aromatic rings. The maximum atomic E-state index is 14.6. The number of anilines is 1. The summed E-state index contributed by atoms with van der Waals surface area (Å²) in [4.78, 5) is 20.7. The Labute approximate surface area is 198 Å². The second kappa shape index (κ2) is 8.49. The van der Waals surface area contributed by atoms with Crippen LogP contribution in [0.25, 0.3) is 33.3 Å². The van der Waals surface area contributed by atoms with Crippen molar-refractivity contribution in [2.24, 2.45) is 7.05 Å². The predicted octanol–water partition coefficient (Wildman–Crippen LogP) is 3.02. The Bertz CT molecular complexity index is 1460. The molecule has 33 heavy (non-hydrogen) atoms. The molecule has 5 rings (SSSR count). The normalized spacial score (nSPS) is 14.5. The molecule has 0 bridgehead atoms. The van der Waals surface area contributed by atoms with E-state index in [9.17, 15) is 9.18 Å². The third-order valence-corrected chi connectivity index (χ3v) is 7.58. The zero-order chi connectivity index (χ0) is 23.1. The number of hydrogen-bond donors (Lipinski definition) is 1. The van der Waals surface area contributed by atoms with E-state index < -0.39 is 5.82 Å². The van der Waals surface area contributed by atoms with Gasteiger partial charge in [-0.05, 0) is 0 Å². The number of H-pyrrole nitrogens is 1. The average Bonchev–Trinajstić information content (AvgIpc) is 3.29. The van der Waals surface area contributed by atoms with Gasteiger partial charge in [-0.15, -0.1) is 0 Å². The van der Waals surface area contributed by atoms with E-state index in [4.69, 9.17) is 10.2 Å². The minimum absolute atomic E-state index is 0.0462. The summed E-state index contributed by atoms with van der Waals surface area (Å²) >= 11 is 1.75. The average molecular weight is 504 g/mol. The van der Waals surface area contributed by atoms with Crippen LogP contribution in [-0.4, -0.2) is 49.7 Å².